The summed E-state index contributed by atoms with van der Waals surface area (Å²) in [5.74, 6) is 2.31. The van der Waals surface area contributed by atoms with E-state index >= 15 is 0 Å². The highest BCUT2D eigenvalue weighted by Gasteiger charge is 2.59. The van der Waals surface area contributed by atoms with E-state index in [-0.39, 0.29) is 29.1 Å². The van der Waals surface area contributed by atoms with Gasteiger partial charge in [0.2, 0.25) is 0 Å². The second kappa shape index (κ2) is 8.36. The SMILES string of the molecule is CC(=O)O[C@H]1CC[C@@]2(C)[C@@H](CC[C@@H]3[C@@H]2CC[C@]2(C)/C(=C/C(=O)c4ccc(F)cc4)CC[C@@H]32)C1. The molecule has 0 unspecified atom stereocenters. The second-order valence-electron chi connectivity index (χ2n) is 11.7. The summed E-state index contributed by atoms with van der Waals surface area (Å²) in [6, 6.07) is 5.92. The summed E-state index contributed by atoms with van der Waals surface area (Å²) in [5.41, 5.74) is 2.33. The van der Waals surface area contributed by atoms with Crippen LogP contribution >= 0.6 is 0 Å². The van der Waals surface area contributed by atoms with Gasteiger partial charge in [-0.05, 0) is 123 Å². The van der Waals surface area contributed by atoms with Crippen molar-refractivity contribution in [3.8, 4) is 0 Å². The molecule has 3 nitrogen and oxygen atoms in total. The van der Waals surface area contributed by atoms with Crippen LogP contribution in [0, 0.1) is 40.3 Å². The van der Waals surface area contributed by atoms with Crippen molar-refractivity contribution in [3.05, 3.63) is 47.3 Å². The number of hydrogen-bond acceptors (Lipinski definition) is 3. The average molecular weight is 453 g/mol. The average Bonchev–Trinajstić information content (AvgIpc) is 3.10. The first kappa shape index (κ1) is 22.8. The van der Waals surface area contributed by atoms with E-state index < -0.39 is 0 Å². The third-order valence-electron chi connectivity index (χ3n) is 10.2. The molecule has 5 rings (SSSR count). The number of allylic oxidation sites excluding steroid dienone is 2. The van der Waals surface area contributed by atoms with Crippen molar-refractivity contribution in [3.63, 3.8) is 0 Å². The van der Waals surface area contributed by atoms with Crippen molar-refractivity contribution in [1.29, 1.82) is 0 Å². The van der Waals surface area contributed by atoms with Crippen molar-refractivity contribution >= 4 is 11.8 Å². The van der Waals surface area contributed by atoms with Crippen molar-refractivity contribution in [2.75, 3.05) is 0 Å². The second-order valence-corrected chi connectivity index (χ2v) is 11.7. The topological polar surface area (TPSA) is 43.4 Å². The Balaban J connectivity index is 1.34. The van der Waals surface area contributed by atoms with Gasteiger partial charge in [-0.3, -0.25) is 9.59 Å². The van der Waals surface area contributed by atoms with Gasteiger partial charge in [-0.1, -0.05) is 19.4 Å². The Labute approximate surface area is 197 Å². The zero-order valence-corrected chi connectivity index (χ0v) is 20.2. The largest absolute Gasteiger partial charge is 0.463 e. The van der Waals surface area contributed by atoms with E-state index in [4.69, 9.17) is 4.74 Å². The molecule has 0 amide bonds. The van der Waals surface area contributed by atoms with Gasteiger partial charge in [0.05, 0.1) is 0 Å². The Morgan fingerprint density at radius 3 is 2.48 bits per heavy atom. The predicted molar refractivity (Wildman–Crippen MR) is 126 cm³/mol. The number of rotatable bonds is 3. The highest BCUT2D eigenvalue weighted by Crippen LogP contribution is 2.67. The molecule has 0 N–H and O–H groups in total. The number of benzene rings is 1. The van der Waals surface area contributed by atoms with Gasteiger partial charge < -0.3 is 4.74 Å². The molecule has 0 heterocycles. The summed E-state index contributed by atoms with van der Waals surface area (Å²) < 4.78 is 18.9. The Hall–Kier alpha value is -1.97. The lowest BCUT2D eigenvalue weighted by molar-refractivity contribution is -0.158. The molecule has 7 atom stereocenters. The van der Waals surface area contributed by atoms with E-state index in [1.54, 1.807) is 12.1 Å². The maximum absolute atomic E-state index is 13.3. The van der Waals surface area contributed by atoms with Gasteiger partial charge in [0.1, 0.15) is 11.9 Å². The van der Waals surface area contributed by atoms with E-state index in [1.807, 2.05) is 6.08 Å². The Morgan fingerprint density at radius 2 is 1.76 bits per heavy atom. The normalized spacial score (nSPS) is 41.1. The fraction of sp³-hybridized carbons (Fsp3) is 0.655. The Morgan fingerprint density at radius 1 is 1.00 bits per heavy atom. The summed E-state index contributed by atoms with van der Waals surface area (Å²) in [6.07, 6.45) is 12.2. The molecule has 0 saturated heterocycles. The molecule has 4 fully saturated rings. The lowest BCUT2D eigenvalue weighted by Crippen LogP contribution is -2.53. The van der Waals surface area contributed by atoms with Crippen molar-refractivity contribution in [2.45, 2.75) is 84.7 Å². The molecule has 0 aliphatic heterocycles. The van der Waals surface area contributed by atoms with Gasteiger partial charge in [-0.15, -0.1) is 0 Å². The smallest absolute Gasteiger partial charge is 0.302 e. The van der Waals surface area contributed by atoms with Crippen LogP contribution in [0.3, 0.4) is 0 Å². The Kier molecular flexibility index (Phi) is 5.77. The van der Waals surface area contributed by atoms with Crippen LogP contribution in [0.4, 0.5) is 4.39 Å². The van der Waals surface area contributed by atoms with Crippen LogP contribution in [0.15, 0.2) is 35.9 Å². The Bertz CT molecular complexity index is 966. The van der Waals surface area contributed by atoms with Crippen molar-refractivity contribution in [1.82, 2.24) is 0 Å². The van der Waals surface area contributed by atoms with Gasteiger partial charge in [-0.2, -0.15) is 0 Å². The predicted octanol–water partition coefficient (Wildman–Crippen LogP) is 6.91. The molecular weight excluding hydrogens is 415 g/mol. The van der Waals surface area contributed by atoms with Crippen LogP contribution in [-0.2, 0) is 9.53 Å². The molecule has 0 radical (unpaired) electrons. The first-order valence-corrected chi connectivity index (χ1v) is 12.9. The minimum atomic E-state index is -0.309. The van der Waals surface area contributed by atoms with Crippen LogP contribution in [0.5, 0.6) is 0 Å². The fourth-order valence-electron chi connectivity index (χ4n) is 8.50. The molecule has 33 heavy (non-hydrogen) atoms. The van der Waals surface area contributed by atoms with Crippen LogP contribution in [0.25, 0.3) is 0 Å². The highest BCUT2D eigenvalue weighted by molar-refractivity contribution is 6.05. The molecule has 4 heteroatoms. The minimum Gasteiger partial charge on any atom is -0.463 e. The first-order valence-electron chi connectivity index (χ1n) is 12.9. The molecule has 0 spiro atoms. The first-order chi connectivity index (χ1) is 15.7. The van der Waals surface area contributed by atoms with Crippen molar-refractivity contribution in [2.24, 2.45) is 34.5 Å². The number of ketones is 1. The summed E-state index contributed by atoms with van der Waals surface area (Å²) in [4.78, 5) is 24.4. The van der Waals surface area contributed by atoms with Gasteiger partial charge in [0, 0.05) is 12.5 Å². The fourth-order valence-corrected chi connectivity index (χ4v) is 8.50. The van der Waals surface area contributed by atoms with E-state index in [2.05, 4.69) is 13.8 Å². The zero-order valence-electron chi connectivity index (χ0n) is 20.2. The standard InChI is InChI=1S/C29H37FO3/c1-18(31)33-23-12-14-28(2)20(16-23)6-10-24-25-11-7-21(29(25,3)15-13-26(24)28)17-27(32)19-4-8-22(30)9-5-19/h4-5,8-9,17,20,23-26H,6-7,10-16H2,1-3H3/b21-17+/t20-,23-,24-,25-,26-,28-,29+/m0/s1. The van der Waals surface area contributed by atoms with Gasteiger partial charge in [-0.25, -0.2) is 4.39 Å². The van der Waals surface area contributed by atoms with Crippen LogP contribution < -0.4 is 0 Å². The number of ether oxygens (including phenoxy) is 1. The van der Waals surface area contributed by atoms with Crippen LogP contribution in [0.1, 0.15) is 88.9 Å². The molecule has 4 aliphatic rings. The molecule has 1 aromatic carbocycles. The molecule has 0 bridgehead atoms. The maximum Gasteiger partial charge on any atom is 0.302 e. The minimum absolute atomic E-state index is 0.00784. The van der Waals surface area contributed by atoms with Crippen LogP contribution in [-0.4, -0.2) is 17.9 Å². The number of hydrogen-bond donors (Lipinski definition) is 0. The van der Waals surface area contributed by atoms with Crippen LogP contribution in [0.2, 0.25) is 0 Å². The van der Waals surface area contributed by atoms with E-state index in [1.165, 1.54) is 50.3 Å². The highest BCUT2D eigenvalue weighted by atomic mass is 19.1. The van der Waals surface area contributed by atoms with E-state index in [0.717, 1.165) is 43.9 Å². The number of esters is 1. The third kappa shape index (κ3) is 3.88. The van der Waals surface area contributed by atoms with Gasteiger partial charge in [0.25, 0.3) is 0 Å². The third-order valence-corrected chi connectivity index (χ3v) is 10.2. The molecule has 178 valence electrons. The maximum atomic E-state index is 13.3. The lowest BCUT2D eigenvalue weighted by Gasteiger charge is -2.60. The molecule has 1 aromatic rings. The number of carbonyl (C=O) groups is 2. The summed E-state index contributed by atoms with van der Waals surface area (Å²) >= 11 is 0. The van der Waals surface area contributed by atoms with Gasteiger partial charge in [0.15, 0.2) is 5.78 Å². The van der Waals surface area contributed by atoms with E-state index in [0.29, 0.717) is 22.8 Å². The molecule has 0 aromatic heterocycles. The van der Waals surface area contributed by atoms with Gasteiger partial charge >= 0.3 is 5.97 Å². The molecule has 4 aliphatic carbocycles. The quantitative estimate of drug-likeness (QED) is 0.284. The zero-order chi connectivity index (χ0) is 23.4. The monoisotopic (exact) mass is 452 g/mol. The summed E-state index contributed by atoms with van der Waals surface area (Å²) in [5, 5.41) is 0. The number of halogens is 1. The summed E-state index contributed by atoms with van der Waals surface area (Å²) in [6.45, 7) is 6.44. The summed E-state index contributed by atoms with van der Waals surface area (Å²) in [7, 11) is 0. The van der Waals surface area contributed by atoms with E-state index in [9.17, 15) is 14.0 Å². The lowest BCUT2D eigenvalue weighted by atomic mass is 9.45. The molecule has 4 saturated carbocycles. The number of fused-ring (bicyclic) bond motifs is 5. The molecular formula is C29H37FO3. The van der Waals surface area contributed by atoms with Crippen molar-refractivity contribution < 1.29 is 18.7 Å². The number of carbonyl (C=O) groups excluding carboxylic acids is 2.